The molecule has 0 unspecified atom stereocenters. The molecule has 5 heteroatoms. The smallest absolute Gasteiger partial charge is 0.387 e. The van der Waals surface area contributed by atoms with Gasteiger partial charge in [0.2, 0.25) is 0 Å². The Morgan fingerprint density at radius 3 is 2.75 bits per heavy atom. The van der Waals surface area contributed by atoms with E-state index in [1.54, 1.807) is 6.07 Å². The van der Waals surface area contributed by atoms with Crippen molar-refractivity contribution in [1.82, 2.24) is 0 Å². The first-order valence-corrected chi connectivity index (χ1v) is 4.34. The van der Waals surface area contributed by atoms with Gasteiger partial charge in [0, 0.05) is 0 Å². The van der Waals surface area contributed by atoms with Crippen molar-refractivity contribution in [3.05, 3.63) is 29.8 Å². The molecule has 0 aliphatic heterocycles. The maximum Gasteiger partial charge on any atom is 0.387 e. The molecule has 1 aromatic carbocycles. The molecule has 0 radical (unpaired) electrons. The highest BCUT2D eigenvalue weighted by Crippen LogP contribution is 2.18. The standard InChI is InChI=1S/C11H8F2O3/c12-11(13)16-9-6-2-1-4-8(9)5-3-7-10(14)15/h1-2,4,6,11H,7H2,(H,14,15). The fourth-order valence-corrected chi connectivity index (χ4v) is 0.984. The van der Waals surface area contributed by atoms with Gasteiger partial charge in [-0.25, -0.2) is 0 Å². The van der Waals surface area contributed by atoms with Gasteiger partial charge in [0.25, 0.3) is 0 Å². The minimum atomic E-state index is -2.93. The Bertz CT molecular complexity index is 432. The van der Waals surface area contributed by atoms with E-state index >= 15 is 0 Å². The van der Waals surface area contributed by atoms with Crippen molar-refractivity contribution in [2.75, 3.05) is 0 Å². The third-order valence-electron chi connectivity index (χ3n) is 1.57. The number of benzene rings is 1. The fourth-order valence-electron chi connectivity index (χ4n) is 0.984. The minimum absolute atomic E-state index is 0.0598. The van der Waals surface area contributed by atoms with Crippen LogP contribution in [0, 0.1) is 11.8 Å². The first-order chi connectivity index (χ1) is 7.59. The highest BCUT2D eigenvalue weighted by molar-refractivity contribution is 5.70. The lowest BCUT2D eigenvalue weighted by molar-refractivity contribution is -0.135. The Kier molecular flexibility index (Phi) is 4.28. The van der Waals surface area contributed by atoms with Crippen molar-refractivity contribution >= 4 is 5.97 Å². The van der Waals surface area contributed by atoms with Crippen LogP contribution in [0.3, 0.4) is 0 Å². The molecule has 0 aromatic heterocycles. The van der Waals surface area contributed by atoms with E-state index in [0.717, 1.165) is 0 Å². The van der Waals surface area contributed by atoms with Gasteiger partial charge < -0.3 is 9.84 Å². The molecule has 1 aromatic rings. The van der Waals surface area contributed by atoms with Crippen LogP contribution in [-0.2, 0) is 4.79 Å². The van der Waals surface area contributed by atoms with Crippen LogP contribution >= 0.6 is 0 Å². The van der Waals surface area contributed by atoms with Crippen LogP contribution < -0.4 is 4.74 Å². The number of rotatable bonds is 3. The van der Waals surface area contributed by atoms with E-state index in [1.807, 2.05) is 0 Å². The quantitative estimate of drug-likeness (QED) is 0.803. The van der Waals surface area contributed by atoms with Crippen molar-refractivity contribution in [3.8, 4) is 17.6 Å². The second-order valence-electron chi connectivity index (χ2n) is 2.75. The summed E-state index contributed by atoms with van der Waals surface area (Å²) in [5.74, 6) is 3.67. The fraction of sp³-hybridized carbons (Fsp3) is 0.182. The van der Waals surface area contributed by atoms with Crippen molar-refractivity contribution < 1.29 is 23.4 Å². The Morgan fingerprint density at radius 1 is 1.44 bits per heavy atom. The summed E-state index contributed by atoms with van der Waals surface area (Å²) in [7, 11) is 0. The number of carboxylic acid groups (broad SMARTS) is 1. The zero-order valence-corrected chi connectivity index (χ0v) is 8.11. The van der Waals surface area contributed by atoms with E-state index < -0.39 is 12.6 Å². The Balaban J connectivity index is 2.84. The molecule has 84 valence electrons. The predicted octanol–water partition coefficient (Wildman–Crippen LogP) is 2.11. The molecular weight excluding hydrogens is 218 g/mol. The molecule has 0 spiro atoms. The maximum absolute atomic E-state index is 12.0. The average molecular weight is 226 g/mol. The van der Waals surface area contributed by atoms with Crippen LogP contribution in [0.1, 0.15) is 12.0 Å². The van der Waals surface area contributed by atoms with Gasteiger partial charge >= 0.3 is 12.6 Å². The summed E-state index contributed by atoms with van der Waals surface area (Å²) >= 11 is 0. The zero-order valence-electron chi connectivity index (χ0n) is 8.11. The summed E-state index contributed by atoms with van der Waals surface area (Å²) in [6.07, 6.45) is -0.344. The molecule has 0 saturated heterocycles. The summed E-state index contributed by atoms with van der Waals surface area (Å²) in [5.41, 5.74) is 0.240. The van der Waals surface area contributed by atoms with Gasteiger partial charge in [0.05, 0.1) is 5.56 Å². The molecule has 0 saturated carbocycles. The van der Waals surface area contributed by atoms with Crippen LogP contribution in [0.15, 0.2) is 24.3 Å². The van der Waals surface area contributed by atoms with Crippen LogP contribution in [-0.4, -0.2) is 17.7 Å². The number of halogens is 2. The first kappa shape index (κ1) is 12.0. The van der Waals surface area contributed by atoms with Crippen molar-refractivity contribution in [3.63, 3.8) is 0 Å². The second kappa shape index (κ2) is 5.71. The third-order valence-corrected chi connectivity index (χ3v) is 1.57. The number of hydrogen-bond acceptors (Lipinski definition) is 2. The van der Waals surface area contributed by atoms with Gasteiger partial charge in [0.15, 0.2) is 0 Å². The molecule has 1 N–H and O–H groups in total. The van der Waals surface area contributed by atoms with E-state index in [0.29, 0.717) is 0 Å². The van der Waals surface area contributed by atoms with E-state index in [2.05, 4.69) is 16.6 Å². The summed E-state index contributed by atoms with van der Waals surface area (Å²) in [6.45, 7) is -2.93. The summed E-state index contributed by atoms with van der Waals surface area (Å²) in [6, 6.07) is 5.95. The normalized spacial score (nSPS) is 9.44. The van der Waals surface area contributed by atoms with Crippen LogP contribution in [0.25, 0.3) is 0 Å². The van der Waals surface area contributed by atoms with Gasteiger partial charge in [-0.15, -0.1) is 0 Å². The summed E-state index contributed by atoms with van der Waals surface area (Å²) in [5, 5.41) is 8.35. The first-order valence-electron chi connectivity index (χ1n) is 4.34. The maximum atomic E-state index is 12.0. The molecule has 0 fully saturated rings. The number of aliphatic carboxylic acids is 1. The molecule has 0 amide bonds. The Labute approximate surface area is 90.7 Å². The van der Waals surface area contributed by atoms with Gasteiger partial charge in [0.1, 0.15) is 12.2 Å². The lowest BCUT2D eigenvalue weighted by atomic mass is 10.2. The molecule has 0 heterocycles. The van der Waals surface area contributed by atoms with E-state index in [4.69, 9.17) is 5.11 Å². The van der Waals surface area contributed by atoms with Crippen LogP contribution in [0.4, 0.5) is 8.78 Å². The summed E-state index contributed by atoms with van der Waals surface area (Å²) < 4.78 is 28.2. The number of hydrogen-bond donors (Lipinski definition) is 1. The van der Waals surface area contributed by atoms with Gasteiger partial charge in [-0.3, -0.25) is 4.79 Å². The molecule has 3 nitrogen and oxygen atoms in total. The third kappa shape index (κ3) is 3.96. The minimum Gasteiger partial charge on any atom is -0.481 e. The van der Waals surface area contributed by atoms with Gasteiger partial charge in [-0.05, 0) is 12.1 Å². The molecule has 0 aliphatic rings. The van der Waals surface area contributed by atoms with Crippen LogP contribution in [0.5, 0.6) is 5.75 Å². The van der Waals surface area contributed by atoms with Gasteiger partial charge in [-0.2, -0.15) is 8.78 Å². The van der Waals surface area contributed by atoms with Crippen molar-refractivity contribution in [2.45, 2.75) is 13.0 Å². The molecule has 1 rings (SSSR count). The molecule has 16 heavy (non-hydrogen) atoms. The lowest BCUT2D eigenvalue weighted by Crippen LogP contribution is -2.03. The van der Waals surface area contributed by atoms with E-state index in [9.17, 15) is 13.6 Å². The van der Waals surface area contributed by atoms with Crippen LogP contribution in [0.2, 0.25) is 0 Å². The van der Waals surface area contributed by atoms with E-state index in [-0.39, 0.29) is 17.7 Å². The zero-order chi connectivity index (χ0) is 12.0. The molecule has 0 bridgehead atoms. The van der Waals surface area contributed by atoms with E-state index in [1.165, 1.54) is 18.2 Å². The number of alkyl halides is 2. The second-order valence-corrected chi connectivity index (χ2v) is 2.75. The largest absolute Gasteiger partial charge is 0.481 e. The van der Waals surface area contributed by atoms with Crippen molar-refractivity contribution in [2.24, 2.45) is 0 Å². The summed E-state index contributed by atoms with van der Waals surface area (Å²) in [4.78, 5) is 10.2. The average Bonchev–Trinajstić information content (AvgIpc) is 2.19. The topological polar surface area (TPSA) is 46.5 Å². The predicted molar refractivity (Wildman–Crippen MR) is 52.2 cm³/mol. The number of carbonyl (C=O) groups is 1. The highest BCUT2D eigenvalue weighted by atomic mass is 19.3. The number of ether oxygens (including phenoxy) is 1. The number of para-hydroxylation sites is 1. The highest BCUT2D eigenvalue weighted by Gasteiger charge is 2.06. The molecule has 0 atom stereocenters. The molecule has 0 aliphatic carbocycles. The monoisotopic (exact) mass is 226 g/mol. The lowest BCUT2D eigenvalue weighted by Gasteiger charge is -2.05. The van der Waals surface area contributed by atoms with Gasteiger partial charge in [-0.1, -0.05) is 24.0 Å². The number of carboxylic acids is 1. The van der Waals surface area contributed by atoms with Crippen molar-refractivity contribution in [1.29, 1.82) is 0 Å². The Hall–Kier alpha value is -2.09. The SMILES string of the molecule is O=C(O)CC#Cc1ccccc1OC(F)F. The molecular formula is C11H8F2O3. The Morgan fingerprint density at radius 2 is 2.12 bits per heavy atom.